The van der Waals surface area contributed by atoms with Crippen LogP contribution >= 0.6 is 7.59 Å². The number of hydrogen-bond acceptors (Lipinski definition) is 4. The molecule has 0 radical (unpaired) electrons. The summed E-state index contributed by atoms with van der Waals surface area (Å²) in [5.74, 6) is 0. The van der Waals surface area contributed by atoms with Crippen LogP contribution in [0.15, 0.2) is 0 Å². The molecule has 0 aromatic rings. The van der Waals surface area contributed by atoms with E-state index in [1.165, 1.54) is 0 Å². The minimum atomic E-state index is -3.14. The molecule has 110 valence electrons. The maximum atomic E-state index is 9.55. The summed E-state index contributed by atoms with van der Waals surface area (Å²) in [6.45, 7) is 0. The number of nitrogens with two attached hydrogens (primary N) is 3. The minimum absolute atomic E-state index is 2.00. The van der Waals surface area contributed by atoms with E-state index in [0.29, 0.717) is 0 Å². The number of nitrogens with zero attached hydrogens (tertiary/aromatic N) is 3. The van der Waals surface area contributed by atoms with Gasteiger partial charge in [-0.3, -0.25) is 21.1 Å². The lowest BCUT2D eigenvalue weighted by atomic mass is 11.0. The van der Waals surface area contributed by atoms with Gasteiger partial charge in [-0.05, 0) is 63.4 Å². The van der Waals surface area contributed by atoms with Gasteiger partial charge in [0.25, 0.3) is 7.59 Å². The molecule has 0 aliphatic carbocycles. The van der Waals surface area contributed by atoms with Gasteiger partial charge in [0.15, 0.2) is 0 Å². The Labute approximate surface area is 107 Å². The predicted octanol–water partition coefficient (Wildman–Crippen LogP) is -0.496. The Morgan fingerprint density at radius 3 is 0.588 bits per heavy atom. The van der Waals surface area contributed by atoms with E-state index >= 15 is 0 Å². The second-order valence-corrected chi connectivity index (χ2v) is 6.32. The van der Waals surface area contributed by atoms with Crippen molar-refractivity contribution in [3.8, 4) is 0 Å². The third-order valence-electron chi connectivity index (χ3n) is 0. The molecule has 6 N–H and O–H groups in total. The highest BCUT2D eigenvalue weighted by molar-refractivity contribution is 7.56. The zero-order valence-electron chi connectivity index (χ0n) is 12.9. The molecule has 7 nitrogen and oxygen atoms in total. The molecule has 0 atom stereocenters. The lowest BCUT2D eigenvalue weighted by Crippen LogP contribution is -2.12. The second-order valence-electron chi connectivity index (χ2n) is 4.79. The van der Waals surface area contributed by atoms with Gasteiger partial charge >= 0.3 is 0 Å². The van der Waals surface area contributed by atoms with Crippen molar-refractivity contribution in [2.24, 2.45) is 16.5 Å². The summed E-state index contributed by atoms with van der Waals surface area (Å²) in [7, 11) is 14.9. The first kappa shape index (κ1) is 25.7. The second kappa shape index (κ2) is 16.0. The standard InChI is InChI=1S/3C3H9N.H6N3OP/c3*1-4(2)3;1-5(2,3)4/h3*1-3H3;(H6,1,2,3,4). The van der Waals surface area contributed by atoms with Crippen molar-refractivity contribution in [2.45, 2.75) is 0 Å². The molecule has 0 amide bonds. The van der Waals surface area contributed by atoms with E-state index in [4.69, 9.17) is 0 Å². The highest BCUT2D eigenvalue weighted by Crippen LogP contribution is 2.06. The highest BCUT2D eigenvalue weighted by Gasteiger charge is 1.90. The number of rotatable bonds is 0. The fourth-order valence-corrected chi connectivity index (χ4v) is 0. The summed E-state index contributed by atoms with van der Waals surface area (Å²) >= 11 is 0. The van der Waals surface area contributed by atoms with Crippen LogP contribution in [0.3, 0.4) is 0 Å². The molecule has 17 heavy (non-hydrogen) atoms. The summed E-state index contributed by atoms with van der Waals surface area (Å²) in [6, 6.07) is 0. The molecule has 0 heterocycles. The van der Waals surface area contributed by atoms with E-state index < -0.39 is 7.59 Å². The zero-order valence-corrected chi connectivity index (χ0v) is 13.8. The van der Waals surface area contributed by atoms with Crippen molar-refractivity contribution in [2.75, 3.05) is 63.4 Å². The average Bonchev–Trinajstić information content (AvgIpc) is 1.73. The summed E-state index contributed by atoms with van der Waals surface area (Å²) in [5.41, 5.74) is 13.4. The normalized spacial score (nSPS) is 9.82. The first-order valence-corrected chi connectivity index (χ1v) is 6.90. The molecule has 0 saturated heterocycles. The van der Waals surface area contributed by atoms with Crippen molar-refractivity contribution in [1.29, 1.82) is 0 Å². The Balaban J connectivity index is -0.0000000667. The molecule has 0 fully saturated rings. The third-order valence-corrected chi connectivity index (χ3v) is 0. The van der Waals surface area contributed by atoms with Gasteiger partial charge in [-0.15, -0.1) is 0 Å². The Hall–Kier alpha value is -0.0100. The molecule has 0 bridgehead atoms. The molecule has 0 rings (SSSR count). The molecule has 8 heteroatoms. The number of hydrogen-bond donors (Lipinski definition) is 3. The van der Waals surface area contributed by atoms with Gasteiger partial charge in [0.2, 0.25) is 0 Å². The van der Waals surface area contributed by atoms with Crippen LogP contribution in [0.25, 0.3) is 0 Å². The largest absolute Gasteiger partial charge is 0.312 e. The molecule has 0 unspecified atom stereocenters. The van der Waals surface area contributed by atoms with Crippen LogP contribution in [0.1, 0.15) is 0 Å². The van der Waals surface area contributed by atoms with Gasteiger partial charge < -0.3 is 14.7 Å². The maximum absolute atomic E-state index is 9.55. The minimum Gasteiger partial charge on any atom is -0.312 e. The van der Waals surface area contributed by atoms with E-state index in [2.05, 4.69) is 16.5 Å². The van der Waals surface area contributed by atoms with Crippen molar-refractivity contribution < 1.29 is 4.57 Å². The third kappa shape index (κ3) is 31300000. The average molecular weight is 272 g/mol. The first-order chi connectivity index (χ1) is 7.20. The smallest absolute Gasteiger partial charge is 0.271 e. The Morgan fingerprint density at radius 2 is 0.588 bits per heavy atom. The molecule has 0 spiro atoms. The molecule has 0 aromatic heterocycles. The van der Waals surface area contributed by atoms with Gasteiger partial charge in [-0.25, -0.2) is 0 Å². The fourth-order valence-electron chi connectivity index (χ4n) is 0. The summed E-state index contributed by atoms with van der Waals surface area (Å²) in [5, 5.41) is 0. The molecular weight excluding hydrogens is 239 g/mol. The molecular formula is C9H33N6OP. The maximum Gasteiger partial charge on any atom is 0.271 e. The quantitative estimate of drug-likeness (QED) is 0.511. The Kier molecular flexibility index (Phi) is 24.2. The van der Waals surface area contributed by atoms with Gasteiger partial charge in [0.05, 0.1) is 0 Å². The van der Waals surface area contributed by atoms with Gasteiger partial charge in [0, 0.05) is 0 Å². The SMILES string of the molecule is CN(C)C.CN(C)C.CN(C)C.NP(N)(N)=O. The summed E-state index contributed by atoms with van der Waals surface area (Å²) in [4.78, 5) is 6.00. The topological polar surface area (TPSA) is 105 Å². The summed E-state index contributed by atoms with van der Waals surface area (Å²) < 4.78 is 9.55. The van der Waals surface area contributed by atoms with Crippen LogP contribution in [-0.2, 0) is 4.57 Å². The van der Waals surface area contributed by atoms with Crippen molar-refractivity contribution in [3.05, 3.63) is 0 Å². The first-order valence-electron chi connectivity index (χ1n) is 4.98. The zero-order chi connectivity index (χ0) is 15.2. The highest BCUT2D eigenvalue weighted by atomic mass is 31.2. The predicted molar refractivity (Wildman–Crippen MR) is 79.0 cm³/mol. The fraction of sp³-hybridized carbons (Fsp3) is 1.00. The lowest BCUT2D eigenvalue weighted by molar-refractivity contribution is 0.505. The van der Waals surface area contributed by atoms with E-state index in [-0.39, 0.29) is 0 Å². The summed E-state index contributed by atoms with van der Waals surface area (Å²) in [6.07, 6.45) is 0. The van der Waals surface area contributed by atoms with E-state index in [0.717, 1.165) is 0 Å². The lowest BCUT2D eigenvalue weighted by Gasteiger charge is -1.90. The van der Waals surface area contributed by atoms with Gasteiger partial charge in [0.1, 0.15) is 0 Å². The molecule has 0 aromatic carbocycles. The van der Waals surface area contributed by atoms with Gasteiger partial charge in [-0.2, -0.15) is 0 Å². The van der Waals surface area contributed by atoms with E-state index in [9.17, 15) is 4.57 Å². The van der Waals surface area contributed by atoms with Crippen molar-refractivity contribution >= 4 is 7.59 Å². The monoisotopic (exact) mass is 272 g/mol. The Morgan fingerprint density at radius 1 is 0.588 bits per heavy atom. The van der Waals surface area contributed by atoms with Crippen LogP contribution < -0.4 is 16.5 Å². The van der Waals surface area contributed by atoms with Crippen LogP contribution in [-0.4, -0.2) is 78.1 Å². The van der Waals surface area contributed by atoms with Crippen molar-refractivity contribution in [3.63, 3.8) is 0 Å². The Bertz CT molecular complexity index is 138. The van der Waals surface area contributed by atoms with E-state index in [1.54, 1.807) is 0 Å². The van der Waals surface area contributed by atoms with Crippen LogP contribution in [0, 0.1) is 0 Å². The van der Waals surface area contributed by atoms with Crippen LogP contribution in [0.2, 0.25) is 0 Å². The van der Waals surface area contributed by atoms with Gasteiger partial charge in [-0.1, -0.05) is 0 Å². The molecule has 0 aliphatic rings. The van der Waals surface area contributed by atoms with Crippen LogP contribution in [0.4, 0.5) is 0 Å². The van der Waals surface area contributed by atoms with Crippen LogP contribution in [0.5, 0.6) is 0 Å². The van der Waals surface area contributed by atoms with Crippen molar-refractivity contribution in [1.82, 2.24) is 14.7 Å². The molecule has 0 saturated carbocycles. The van der Waals surface area contributed by atoms with E-state index in [1.807, 2.05) is 78.1 Å². The molecule has 0 aliphatic heterocycles.